The molecule has 1 aromatic heterocycles. The molecule has 0 fully saturated rings. The van der Waals surface area contributed by atoms with Crippen LogP contribution in [0.3, 0.4) is 0 Å². The van der Waals surface area contributed by atoms with Crippen molar-refractivity contribution in [2.75, 3.05) is 6.54 Å². The van der Waals surface area contributed by atoms with Gasteiger partial charge in [-0.3, -0.25) is 0 Å². The van der Waals surface area contributed by atoms with Crippen molar-refractivity contribution < 1.29 is 0 Å². The number of hydrogen-bond donors (Lipinski definition) is 1. The van der Waals surface area contributed by atoms with Crippen molar-refractivity contribution in [3.8, 4) is 0 Å². The average Bonchev–Trinajstić information content (AvgIpc) is 2.85. The smallest absolute Gasteiger partial charge is 0.110 e. The van der Waals surface area contributed by atoms with Gasteiger partial charge in [0.25, 0.3) is 0 Å². The molecule has 3 nitrogen and oxygen atoms in total. The van der Waals surface area contributed by atoms with Crippen molar-refractivity contribution in [2.24, 2.45) is 5.73 Å². The molecule has 0 amide bonds. The van der Waals surface area contributed by atoms with Crippen molar-refractivity contribution in [1.29, 1.82) is 0 Å². The number of fused-ring (bicyclic) bond motifs is 1. The number of hydrogen-bond acceptors (Lipinski definition) is 2. The quantitative estimate of drug-likeness (QED) is 0.771. The highest BCUT2D eigenvalue weighted by Gasteiger charge is 2.09. The number of aromatic nitrogens is 2. The number of para-hydroxylation sites is 2. The summed E-state index contributed by atoms with van der Waals surface area (Å²) >= 11 is 0. The summed E-state index contributed by atoms with van der Waals surface area (Å²) in [5, 5.41) is 0. The summed E-state index contributed by atoms with van der Waals surface area (Å²) in [6, 6.07) is 18.8. The average molecular weight is 265 g/mol. The van der Waals surface area contributed by atoms with Gasteiger partial charge >= 0.3 is 0 Å². The van der Waals surface area contributed by atoms with Crippen LogP contribution < -0.4 is 5.73 Å². The van der Waals surface area contributed by atoms with Crippen molar-refractivity contribution in [3.05, 3.63) is 66.0 Å². The van der Waals surface area contributed by atoms with Gasteiger partial charge in [-0.15, -0.1) is 0 Å². The maximum absolute atomic E-state index is 5.74. The molecule has 2 aromatic carbocycles. The van der Waals surface area contributed by atoms with Crippen molar-refractivity contribution in [3.63, 3.8) is 0 Å². The Morgan fingerprint density at radius 2 is 1.65 bits per heavy atom. The molecule has 102 valence electrons. The second-order valence-electron chi connectivity index (χ2n) is 4.94. The zero-order valence-electron chi connectivity index (χ0n) is 11.5. The van der Waals surface area contributed by atoms with Gasteiger partial charge in [-0.1, -0.05) is 42.5 Å². The molecule has 0 atom stereocenters. The lowest BCUT2D eigenvalue weighted by Crippen LogP contribution is -2.13. The molecule has 3 heteroatoms. The molecular formula is C17H19N3. The molecule has 3 aromatic rings. The normalized spacial score (nSPS) is 11.1. The zero-order valence-corrected chi connectivity index (χ0v) is 11.5. The minimum Gasteiger partial charge on any atom is -0.329 e. The molecule has 0 saturated heterocycles. The van der Waals surface area contributed by atoms with Crippen LogP contribution in [0.15, 0.2) is 54.6 Å². The third kappa shape index (κ3) is 2.58. The fourth-order valence-corrected chi connectivity index (χ4v) is 2.60. The Morgan fingerprint density at radius 3 is 2.45 bits per heavy atom. The predicted molar refractivity (Wildman–Crippen MR) is 82.6 cm³/mol. The fourth-order valence-electron chi connectivity index (χ4n) is 2.60. The van der Waals surface area contributed by atoms with E-state index in [9.17, 15) is 0 Å². The van der Waals surface area contributed by atoms with E-state index in [1.807, 2.05) is 12.1 Å². The first-order valence-electron chi connectivity index (χ1n) is 7.06. The van der Waals surface area contributed by atoms with E-state index in [-0.39, 0.29) is 0 Å². The fraction of sp³-hybridized carbons (Fsp3) is 0.235. The van der Waals surface area contributed by atoms with E-state index >= 15 is 0 Å². The van der Waals surface area contributed by atoms with Crippen LogP contribution in [-0.4, -0.2) is 16.1 Å². The molecule has 20 heavy (non-hydrogen) atoms. The first kappa shape index (κ1) is 12.9. The lowest BCUT2D eigenvalue weighted by Gasteiger charge is -2.07. The molecule has 1 heterocycles. The van der Waals surface area contributed by atoms with Gasteiger partial charge in [0.1, 0.15) is 5.82 Å². The van der Waals surface area contributed by atoms with Gasteiger partial charge in [-0.2, -0.15) is 0 Å². The van der Waals surface area contributed by atoms with Gasteiger partial charge in [0, 0.05) is 19.5 Å². The maximum Gasteiger partial charge on any atom is 0.110 e. The van der Waals surface area contributed by atoms with Gasteiger partial charge in [0.2, 0.25) is 0 Å². The molecule has 0 unspecified atom stereocenters. The maximum atomic E-state index is 5.74. The molecule has 2 N–H and O–H groups in total. The van der Waals surface area contributed by atoms with Gasteiger partial charge in [0.05, 0.1) is 11.0 Å². The summed E-state index contributed by atoms with van der Waals surface area (Å²) < 4.78 is 2.25. The number of nitrogens with zero attached hydrogens (tertiary/aromatic N) is 2. The monoisotopic (exact) mass is 265 g/mol. The number of rotatable bonds is 5. The van der Waals surface area contributed by atoms with Crippen molar-refractivity contribution >= 4 is 11.0 Å². The molecule has 0 saturated carbocycles. The van der Waals surface area contributed by atoms with E-state index in [1.165, 1.54) is 11.1 Å². The van der Waals surface area contributed by atoms with Gasteiger partial charge in [-0.05, 0) is 24.1 Å². The largest absolute Gasteiger partial charge is 0.329 e. The van der Waals surface area contributed by atoms with Crippen LogP contribution in [0.4, 0.5) is 0 Å². The van der Waals surface area contributed by atoms with Crippen LogP contribution in [0, 0.1) is 0 Å². The number of aryl methyl sites for hydroxylation is 2. The van der Waals surface area contributed by atoms with Crippen LogP contribution in [0.25, 0.3) is 11.0 Å². The lowest BCUT2D eigenvalue weighted by molar-refractivity contribution is 0.672. The van der Waals surface area contributed by atoms with Crippen LogP contribution >= 0.6 is 0 Å². The minimum absolute atomic E-state index is 0.638. The Balaban J connectivity index is 1.88. The predicted octanol–water partition coefficient (Wildman–Crippen LogP) is 2.78. The second-order valence-corrected chi connectivity index (χ2v) is 4.94. The molecular weight excluding hydrogens is 246 g/mol. The van der Waals surface area contributed by atoms with Crippen molar-refractivity contribution in [2.45, 2.75) is 19.4 Å². The Hall–Kier alpha value is -2.13. The highest BCUT2D eigenvalue weighted by molar-refractivity contribution is 5.75. The van der Waals surface area contributed by atoms with E-state index in [0.29, 0.717) is 6.54 Å². The number of imidazole rings is 1. The molecule has 0 spiro atoms. The van der Waals surface area contributed by atoms with Crippen LogP contribution in [0.5, 0.6) is 0 Å². The molecule has 0 radical (unpaired) electrons. The Labute approximate surface area is 119 Å². The SMILES string of the molecule is NCCn1c(CCc2ccccc2)nc2ccccc21. The van der Waals surface area contributed by atoms with E-state index in [2.05, 4.69) is 47.0 Å². The summed E-state index contributed by atoms with van der Waals surface area (Å²) in [6.45, 7) is 1.46. The van der Waals surface area contributed by atoms with E-state index in [1.54, 1.807) is 0 Å². The summed E-state index contributed by atoms with van der Waals surface area (Å²) in [6.07, 6.45) is 1.95. The lowest BCUT2D eigenvalue weighted by atomic mass is 10.1. The Kier molecular flexibility index (Phi) is 3.79. The Morgan fingerprint density at radius 1 is 0.900 bits per heavy atom. The molecule has 0 bridgehead atoms. The van der Waals surface area contributed by atoms with Crippen LogP contribution in [0.2, 0.25) is 0 Å². The first-order chi connectivity index (χ1) is 9.88. The summed E-state index contributed by atoms with van der Waals surface area (Å²) in [5.74, 6) is 1.13. The van der Waals surface area contributed by atoms with Gasteiger partial charge in [-0.25, -0.2) is 4.98 Å². The van der Waals surface area contributed by atoms with Gasteiger partial charge in [0.15, 0.2) is 0 Å². The van der Waals surface area contributed by atoms with E-state index < -0.39 is 0 Å². The number of nitrogens with two attached hydrogens (primary N) is 1. The second kappa shape index (κ2) is 5.88. The molecule has 0 aliphatic carbocycles. The highest BCUT2D eigenvalue weighted by atomic mass is 15.1. The first-order valence-corrected chi connectivity index (χ1v) is 7.06. The summed E-state index contributed by atoms with van der Waals surface area (Å²) in [5.41, 5.74) is 9.33. The molecule has 3 rings (SSSR count). The van der Waals surface area contributed by atoms with Crippen LogP contribution in [0.1, 0.15) is 11.4 Å². The summed E-state index contributed by atoms with van der Waals surface area (Å²) in [7, 11) is 0. The molecule has 0 aliphatic rings. The third-order valence-corrected chi connectivity index (χ3v) is 3.57. The standard InChI is InChI=1S/C17H19N3/c18-12-13-20-16-9-5-4-8-15(16)19-17(20)11-10-14-6-2-1-3-7-14/h1-9H,10-13,18H2. The minimum atomic E-state index is 0.638. The van der Waals surface area contributed by atoms with E-state index in [0.717, 1.165) is 30.7 Å². The van der Waals surface area contributed by atoms with Crippen LogP contribution in [-0.2, 0) is 19.4 Å². The topological polar surface area (TPSA) is 43.8 Å². The van der Waals surface area contributed by atoms with E-state index in [4.69, 9.17) is 10.7 Å². The number of benzene rings is 2. The zero-order chi connectivity index (χ0) is 13.8. The van der Waals surface area contributed by atoms with Crippen molar-refractivity contribution in [1.82, 2.24) is 9.55 Å². The van der Waals surface area contributed by atoms with Gasteiger partial charge < -0.3 is 10.3 Å². The third-order valence-electron chi connectivity index (χ3n) is 3.57. The highest BCUT2D eigenvalue weighted by Crippen LogP contribution is 2.17. The molecule has 0 aliphatic heterocycles. The summed E-state index contributed by atoms with van der Waals surface area (Å²) in [4.78, 5) is 4.75. The Bertz CT molecular complexity index is 686.